The molecule has 2 heterocycles. The molecule has 0 fully saturated rings. The summed E-state index contributed by atoms with van der Waals surface area (Å²) in [5.41, 5.74) is 3.18. The smallest absolute Gasteiger partial charge is 0.277 e. The number of carbonyl (C=O) groups is 1. The van der Waals surface area contributed by atoms with Crippen LogP contribution in [0.25, 0.3) is 5.69 Å². The van der Waals surface area contributed by atoms with E-state index in [1.54, 1.807) is 28.9 Å². The Morgan fingerprint density at radius 1 is 1.19 bits per heavy atom. The molecule has 1 amide bonds. The minimum absolute atomic E-state index is 0.264. The average molecular weight is 489 g/mol. The van der Waals surface area contributed by atoms with Crippen LogP contribution in [0.15, 0.2) is 80.4 Å². The van der Waals surface area contributed by atoms with Gasteiger partial charge in [0.15, 0.2) is 11.7 Å². The summed E-state index contributed by atoms with van der Waals surface area (Å²) >= 11 is 13.1. The Hall–Kier alpha value is -3.34. The monoisotopic (exact) mass is 488 g/mol. The summed E-state index contributed by atoms with van der Waals surface area (Å²) in [6, 6.07) is 17.7. The number of tetrazole rings is 1. The number of para-hydroxylation sites is 1. The van der Waals surface area contributed by atoms with Crippen molar-refractivity contribution in [2.45, 2.75) is 10.2 Å². The molecule has 9 nitrogen and oxygen atoms in total. The van der Waals surface area contributed by atoms with Crippen molar-refractivity contribution in [2.24, 2.45) is 5.10 Å². The number of carbonyl (C=O) groups excluding carboxylic acids is 1. The molecule has 0 saturated heterocycles. The van der Waals surface area contributed by atoms with Crippen molar-refractivity contribution in [1.29, 1.82) is 0 Å². The Balaban J connectivity index is 1.30. The molecule has 4 aromatic rings. The summed E-state index contributed by atoms with van der Waals surface area (Å²) in [5, 5.41) is 17.5. The third kappa shape index (κ3) is 5.67. The predicted octanol–water partition coefficient (Wildman–Crippen LogP) is 4.24. The van der Waals surface area contributed by atoms with E-state index in [-0.39, 0.29) is 6.61 Å². The zero-order valence-electron chi connectivity index (χ0n) is 16.2. The largest absolute Gasteiger partial charge is 0.482 e. The number of nitrogens with zero attached hydrogens (tertiary/aromatic N) is 5. The van der Waals surface area contributed by atoms with Gasteiger partial charge in [-0.1, -0.05) is 41.4 Å². The van der Waals surface area contributed by atoms with Gasteiger partial charge in [-0.25, -0.2) is 5.43 Å². The van der Waals surface area contributed by atoms with Crippen molar-refractivity contribution in [3.8, 4) is 11.4 Å². The highest BCUT2D eigenvalue weighted by Crippen LogP contribution is 2.28. The van der Waals surface area contributed by atoms with Crippen molar-refractivity contribution in [1.82, 2.24) is 25.6 Å². The van der Waals surface area contributed by atoms with E-state index in [1.807, 2.05) is 30.3 Å². The quantitative estimate of drug-likeness (QED) is 0.291. The van der Waals surface area contributed by atoms with Crippen LogP contribution in [0.1, 0.15) is 5.76 Å². The molecule has 0 aliphatic heterocycles. The van der Waals surface area contributed by atoms with E-state index in [4.69, 9.17) is 32.4 Å². The van der Waals surface area contributed by atoms with Gasteiger partial charge in [0, 0.05) is 5.02 Å². The second-order valence-electron chi connectivity index (χ2n) is 6.12. The second kappa shape index (κ2) is 10.3. The van der Waals surface area contributed by atoms with Crippen LogP contribution < -0.4 is 10.2 Å². The molecule has 162 valence electrons. The number of benzene rings is 2. The van der Waals surface area contributed by atoms with Crippen LogP contribution in [0.3, 0.4) is 0 Å². The molecule has 0 spiro atoms. The van der Waals surface area contributed by atoms with Crippen molar-refractivity contribution in [2.75, 3.05) is 6.61 Å². The van der Waals surface area contributed by atoms with E-state index in [1.165, 1.54) is 24.0 Å². The van der Waals surface area contributed by atoms with Crippen LogP contribution in [0.2, 0.25) is 10.0 Å². The molecular formula is C20H14Cl2N6O3S. The van der Waals surface area contributed by atoms with Gasteiger partial charge in [-0.2, -0.15) is 9.78 Å². The highest BCUT2D eigenvalue weighted by Gasteiger charge is 2.12. The van der Waals surface area contributed by atoms with Crippen LogP contribution in [0, 0.1) is 0 Å². The van der Waals surface area contributed by atoms with E-state index in [2.05, 4.69) is 26.1 Å². The Labute approximate surface area is 196 Å². The van der Waals surface area contributed by atoms with Crippen molar-refractivity contribution >= 4 is 47.1 Å². The summed E-state index contributed by atoms with van der Waals surface area (Å²) in [6.45, 7) is -0.264. The van der Waals surface area contributed by atoms with Gasteiger partial charge in [-0.3, -0.25) is 4.79 Å². The first-order valence-corrected chi connectivity index (χ1v) is 10.7. The molecular weight excluding hydrogens is 475 g/mol. The molecule has 2 aromatic heterocycles. The number of halogens is 2. The van der Waals surface area contributed by atoms with Crippen LogP contribution in [0.4, 0.5) is 0 Å². The topological polar surface area (TPSA) is 107 Å². The fourth-order valence-corrected chi connectivity index (χ4v) is 3.68. The first kappa shape index (κ1) is 21.9. The zero-order chi connectivity index (χ0) is 22.3. The number of rotatable bonds is 8. The average Bonchev–Trinajstić information content (AvgIpc) is 3.43. The first-order valence-electron chi connectivity index (χ1n) is 9.10. The van der Waals surface area contributed by atoms with Crippen LogP contribution in [-0.4, -0.2) is 38.9 Å². The van der Waals surface area contributed by atoms with E-state index in [0.717, 1.165) is 5.69 Å². The Kier molecular flexibility index (Phi) is 7.05. The van der Waals surface area contributed by atoms with Crippen LogP contribution in [-0.2, 0) is 4.79 Å². The Morgan fingerprint density at radius 2 is 2.03 bits per heavy atom. The zero-order valence-corrected chi connectivity index (χ0v) is 18.5. The van der Waals surface area contributed by atoms with Gasteiger partial charge >= 0.3 is 0 Å². The van der Waals surface area contributed by atoms with E-state index in [9.17, 15) is 4.79 Å². The van der Waals surface area contributed by atoms with Gasteiger partial charge in [0.2, 0.25) is 5.16 Å². The SMILES string of the molecule is O=C(COc1ccc(Cl)cc1Cl)N/N=C\c1ccc(Sc2nnnn2-c2ccccc2)o1. The maximum absolute atomic E-state index is 11.9. The number of furan rings is 1. The lowest BCUT2D eigenvalue weighted by Gasteiger charge is -2.06. The van der Waals surface area contributed by atoms with E-state index < -0.39 is 5.91 Å². The fourth-order valence-electron chi connectivity index (χ4n) is 2.46. The normalized spacial score (nSPS) is 11.1. The number of nitrogens with one attached hydrogen (secondary N) is 1. The van der Waals surface area contributed by atoms with Crippen molar-refractivity contribution < 1.29 is 13.9 Å². The molecule has 2 aromatic carbocycles. The molecule has 0 aliphatic rings. The number of ether oxygens (including phenoxy) is 1. The van der Waals surface area contributed by atoms with Crippen LogP contribution in [0.5, 0.6) is 5.75 Å². The number of hydrogen-bond donors (Lipinski definition) is 1. The molecule has 12 heteroatoms. The number of amides is 1. The summed E-state index contributed by atoms with van der Waals surface area (Å²) in [6.07, 6.45) is 1.37. The van der Waals surface area contributed by atoms with Gasteiger partial charge in [-0.15, -0.1) is 5.10 Å². The highest BCUT2D eigenvalue weighted by atomic mass is 35.5. The van der Waals surface area contributed by atoms with Gasteiger partial charge in [0.1, 0.15) is 11.5 Å². The maximum Gasteiger partial charge on any atom is 0.277 e. The fraction of sp³-hybridized carbons (Fsp3) is 0.0500. The summed E-state index contributed by atoms with van der Waals surface area (Å²) in [5.74, 6) is 0.324. The third-order valence-electron chi connectivity index (χ3n) is 3.87. The summed E-state index contributed by atoms with van der Waals surface area (Å²) in [4.78, 5) is 11.9. The summed E-state index contributed by atoms with van der Waals surface area (Å²) < 4.78 is 12.6. The molecule has 0 unspecified atom stereocenters. The lowest BCUT2D eigenvalue weighted by atomic mass is 10.3. The molecule has 0 atom stereocenters. The minimum Gasteiger partial charge on any atom is -0.482 e. The van der Waals surface area contributed by atoms with Gasteiger partial charge in [0.25, 0.3) is 5.91 Å². The molecule has 1 N–H and O–H groups in total. The lowest BCUT2D eigenvalue weighted by Crippen LogP contribution is -2.24. The van der Waals surface area contributed by atoms with Crippen LogP contribution >= 0.6 is 35.0 Å². The van der Waals surface area contributed by atoms with Crippen molar-refractivity contribution in [3.05, 3.63) is 76.5 Å². The third-order valence-corrected chi connectivity index (χ3v) is 5.26. The first-order chi connectivity index (χ1) is 15.6. The Bertz CT molecular complexity index is 1250. The molecule has 4 rings (SSSR count). The highest BCUT2D eigenvalue weighted by molar-refractivity contribution is 7.99. The minimum atomic E-state index is -0.463. The molecule has 32 heavy (non-hydrogen) atoms. The Morgan fingerprint density at radius 3 is 2.84 bits per heavy atom. The lowest BCUT2D eigenvalue weighted by molar-refractivity contribution is -0.123. The molecule has 0 bridgehead atoms. The van der Waals surface area contributed by atoms with E-state index in [0.29, 0.717) is 31.8 Å². The molecule has 0 aliphatic carbocycles. The number of hydrogen-bond acceptors (Lipinski definition) is 8. The summed E-state index contributed by atoms with van der Waals surface area (Å²) in [7, 11) is 0. The van der Waals surface area contributed by atoms with E-state index >= 15 is 0 Å². The standard InChI is InChI=1S/C20H14Cl2N6O3S/c21-13-6-8-17(16(22)10-13)30-12-18(29)24-23-11-15-7-9-19(31-15)32-20-25-26-27-28(20)14-4-2-1-3-5-14/h1-11H,12H2,(H,24,29)/b23-11-. The predicted molar refractivity (Wildman–Crippen MR) is 120 cm³/mol. The molecule has 0 radical (unpaired) electrons. The number of hydrazone groups is 1. The number of aromatic nitrogens is 4. The van der Waals surface area contributed by atoms with Gasteiger partial charge in [-0.05, 0) is 64.7 Å². The second-order valence-corrected chi connectivity index (χ2v) is 7.94. The van der Waals surface area contributed by atoms with Gasteiger partial charge in [0.05, 0.1) is 16.9 Å². The van der Waals surface area contributed by atoms with Crippen molar-refractivity contribution in [3.63, 3.8) is 0 Å². The molecule has 0 saturated carbocycles. The van der Waals surface area contributed by atoms with Gasteiger partial charge < -0.3 is 9.15 Å². The maximum atomic E-state index is 11.9.